The van der Waals surface area contributed by atoms with Gasteiger partial charge in [0.1, 0.15) is 6.29 Å². The lowest BCUT2D eigenvalue weighted by Gasteiger charge is -2.37. The molecule has 0 aromatic carbocycles. The average Bonchev–Trinajstić information content (AvgIpc) is 2.20. The van der Waals surface area contributed by atoms with Crippen molar-refractivity contribution < 1.29 is 4.79 Å². The third-order valence-electron chi connectivity index (χ3n) is 4.12. The quantitative estimate of drug-likeness (QED) is 0.625. The third-order valence-corrected chi connectivity index (χ3v) is 4.12. The van der Waals surface area contributed by atoms with Crippen molar-refractivity contribution in [2.75, 3.05) is 0 Å². The zero-order valence-electron chi connectivity index (χ0n) is 9.88. The van der Waals surface area contributed by atoms with Crippen LogP contribution >= 0.6 is 0 Å². The molecule has 0 amide bonds. The molecule has 0 saturated heterocycles. The summed E-state index contributed by atoms with van der Waals surface area (Å²) in [7, 11) is 0. The van der Waals surface area contributed by atoms with E-state index >= 15 is 0 Å². The molecule has 1 fully saturated rings. The van der Waals surface area contributed by atoms with Gasteiger partial charge in [-0.15, -0.1) is 0 Å². The number of hydrogen-bond acceptors (Lipinski definition) is 1. The summed E-state index contributed by atoms with van der Waals surface area (Å²) in [5.74, 6) is 0.948. The van der Waals surface area contributed by atoms with Gasteiger partial charge >= 0.3 is 0 Å². The molecule has 0 aromatic rings. The fourth-order valence-electron chi connectivity index (χ4n) is 2.66. The maximum atomic E-state index is 11.2. The second-order valence-electron chi connectivity index (χ2n) is 5.40. The summed E-state index contributed by atoms with van der Waals surface area (Å²) in [5.41, 5.74) is 0.198. The highest BCUT2D eigenvalue weighted by atomic mass is 16.1. The third kappa shape index (κ3) is 2.59. The van der Waals surface area contributed by atoms with Gasteiger partial charge in [0.15, 0.2) is 0 Å². The highest BCUT2D eigenvalue weighted by Gasteiger charge is 2.34. The lowest BCUT2D eigenvalue weighted by atomic mass is 9.67. The van der Waals surface area contributed by atoms with Gasteiger partial charge in [-0.25, -0.2) is 0 Å². The molecule has 0 bridgehead atoms. The number of hydrogen-bond donors (Lipinski definition) is 0. The summed E-state index contributed by atoms with van der Waals surface area (Å²) in [4.78, 5) is 11.2. The van der Waals surface area contributed by atoms with Crippen molar-refractivity contribution in [3.8, 4) is 0 Å². The van der Waals surface area contributed by atoms with Crippen LogP contribution in [-0.4, -0.2) is 6.29 Å². The molecular formula is C13H24O. The molecule has 1 nitrogen and oxygen atoms in total. The zero-order valence-corrected chi connectivity index (χ0v) is 9.88. The van der Waals surface area contributed by atoms with E-state index in [1.807, 2.05) is 0 Å². The van der Waals surface area contributed by atoms with E-state index in [2.05, 4.69) is 20.8 Å². The number of rotatable bonds is 4. The van der Waals surface area contributed by atoms with E-state index in [0.29, 0.717) is 5.92 Å². The Morgan fingerprint density at radius 2 is 1.86 bits per heavy atom. The van der Waals surface area contributed by atoms with E-state index in [0.717, 1.165) is 6.42 Å². The molecule has 0 radical (unpaired) electrons. The Balaban J connectivity index is 2.64. The monoisotopic (exact) mass is 196 g/mol. The Labute approximate surface area is 88.3 Å². The molecule has 1 saturated carbocycles. The van der Waals surface area contributed by atoms with Gasteiger partial charge in [0.05, 0.1) is 0 Å². The summed E-state index contributed by atoms with van der Waals surface area (Å²) in [6.07, 6.45) is 8.89. The van der Waals surface area contributed by atoms with Crippen LogP contribution in [0.5, 0.6) is 0 Å². The van der Waals surface area contributed by atoms with E-state index in [1.165, 1.54) is 38.4 Å². The van der Waals surface area contributed by atoms with Gasteiger partial charge in [-0.1, -0.05) is 46.5 Å². The second-order valence-corrected chi connectivity index (χ2v) is 5.40. The van der Waals surface area contributed by atoms with Crippen LogP contribution in [0, 0.1) is 17.3 Å². The molecule has 1 atom stereocenters. The zero-order chi connectivity index (χ0) is 10.6. The van der Waals surface area contributed by atoms with E-state index in [4.69, 9.17) is 0 Å². The Kier molecular flexibility index (Phi) is 4.15. The predicted molar refractivity (Wildman–Crippen MR) is 60.2 cm³/mol. The minimum atomic E-state index is 0.198. The van der Waals surface area contributed by atoms with E-state index in [1.54, 1.807) is 0 Å². The van der Waals surface area contributed by atoms with Crippen LogP contribution < -0.4 is 0 Å². The van der Waals surface area contributed by atoms with Gasteiger partial charge in [0.2, 0.25) is 0 Å². The highest BCUT2D eigenvalue weighted by molar-refractivity contribution is 5.55. The molecule has 0 spiro atoms. The molecule has 1 unspecified atom stereocenters. The summed E-state index contributed by atoms with van der Waals surface area (Å²) in [6.45, 7) is 6.67. The topological polar surface area (TPSA) is 17.1 Å². The molecule has 0 heterocycles. The Hall–Kier alpha value is -0.330. The Morgan fingerprint density at radius 3 is 2.29 bits per heavy atom. The molecule has 0 aromatic heterocycles. The molecule has 0 N–H and O–H groups in total. The molecule has 1 aliphatic carbocycles. The first-order valence-electron chi connectivity index (χ1n) is 6.07. The number of carbonyl (C=O) groups excluding carboxylic acids is 1. The van der Waals surface area contributed by atoms with Crippen LogP contribution in [0.3, 0.4) is 0 Å². The van der Waals surface area contributed by atoms with Crippen LogP contribution in [0.4, 0.5) is 0 Å². The molecular weight excluding hydrogens is 172 g/mol. The summed E-state index contributed by atoms with van der Waals surface area (Å²) >= 11 is 0. The molecule has 82 valence electrons. The first-order valence-corrected chi connectivity index (χ1v) is 6.07. The number of carbonyl (C=O) groups is 1. The maximum absolute atomic E-state index is 11.2. The molecule has 1 heteroatoms. The second kappa shape index (κ2) is 4.95. The normalized spacial score (nSPS) is 21.9. The van der Waals surface area contributed by atoms with E-state index < -0.39 is 0 Å². The van der Waals surface area contributed by atoms with Crippen molar-refractivity contribution in [3.05, 3.63) is 0 Å². The molecule has 0 aliphatic heterocycles. The van der Waals surface area contributed by atoms with Crippen molar-refractivity contribution in [2.45, 2.75) is 59.3 Å². The first kappa shape index (κ1) is 11.7. The van der Waals surface area contributed by atoms with E-state index in [-0.39, 0.29) is 11.3 Å². The summed E-state index contributed by atoms with van der Waals surface area (Å²) in [5, 5.41) is 0. The minimum absolute atomic E-state index is 0.198. The molecule has 1 aliphatic rings. The smallest absolute Gasteiger partial charge is 0.123 e. The van der Waals surface area contributed by atoms with Crippen molar-refractivity contribution >= 4 is 6.29 Å². The predicted octanol–water partition coefficient (Wildman–Crippen LogP) is 3.82. The largest absolute Gasteiger partial charge is 0.303 e. The Morgan fingerprint density at radius 1 is 1.29 bits per heavy atom. The Bertz CT molecular complexity index is 178. The van der Waals surface area contributed by atoms with Crippen molar-refractivity contribution in [1.82, 2.24) is 0 Å². The van der Waals surface area contributed by atoms with Crippen LogP contribution in [-0.2, 0) is 4.79 Å². The summed E-state index contributed by atoms with van der Waals surface area (Å²) < 4.78 is 0. The van der Waals surface area contributed by atoms with Gasteiger partial charge in [-0.2, -0.15) is 0 Å². The summed E-state index contributed by atoms with van der Waals surface area (Å²) in [6, 6.07) is 0. The fourth-order valence-corrected chi connectivity index (χ4v) is 2.66. The van der Waals surface area contributed by atoms with Crippen LogP contribution in [0.25, 0.3) is 0 Å². The van der Waals surface area contributed by atoms with Gasteiger partial charge < -0.3 is 4.79 Å². The highest BCUT2D eigenvalue weighted by Crippen LogP contribution is 2.40. The lowest BCUT2D eigenvalue weighted by molar-refractivity contribution is -0.117. The van der Waals surface area contributed by atoms with E-state index in [9.17, 15) is 4.79 Å². The van der Waals surface area contributed by atoms with Gasteiger partial charge in [0.25, 0.3) is 0 Å². The van der Waals surface area contributed by atoms with Crippen molar-refractivity contribution in [1.29, 1.82) is 0 Å². The van der Waals surface area contributed by atoms with Gasteiger partial charge in [-0.3, -0.25) is 0 Å². The molecule has 14 heavy (non-hydrogen) atoms. The van der Waals surface area contributed by atoms with Crippen molar-refractivity contribution in [2.24, 2.45) is 17.3 Å². The van der Waals surface area contributed by atoms with Crippen LogP contribution in [0.2, 0.25) is 0 Å². The van der Waals surface area contributed by atoms with Crippen LogP contribution in [0.15, 0.2) is 0 Å². The fraction of sp³-hybridized carbons (Fsp3) is 0.923. The van der Waals surface area contributed by atoms with Gasteiger partial charge in [0, 0.05) is 5.92 Å². The maximum Gasteiger partial charge on any atom is 0.123 e. The first-order chi connectivity index (χ1) is 6.61. The lowest BCUT2D eigenvalue weighted by Crippen LogP contribution is -2.32. The SMILES string of the molecule is CCC(C)(C)C(C=O)C1CCCCC1. The van der Waals surface area contributed by atoms with Crippen LogP contribution in [0.1, 0.15) is 59.3 Å². The standard InChI is InChI=1S/C13H24O/c1-4-13(2,3)12(10-14)11-8-6-5-7-9-11/h10-12H,4-9H2,1-3H3. The number of aldehydes is 1. The average molecular weight is 196 g/mol. The van der Waals surface area contributed by atoms with Gasteiger partial charge in [-0.05, 0) is 24.2 Å². The minimum Gasteiger partial charge on any atom is -0.303 e. The van der Waals surface area contributed by atoms with Crippen molar-refractivity contribution in [3.63, 3.8) is 0 Å². The molecule has 1 rings (SSSR count).